The van der Waals surface area contributed by atoms with E-state index in [4.69, 9.17) is 0 Å². The summed E-state index contributed by atoms with van der Waals surface area (Å²) in [5.41, 5.74) is 1.07. The minimum absolute atomic E-state index is 0.466. The van der Waals surface area contributed by atoms with E-state index >= 15 is 0 Å². The van der Waals surface area contributed by atoms with Gasteiger partial charge in [0.2, 0.25) is 0 Å². The van der Waals surface area contributed by atoms with Gasteiger partial charge in [0.15, 0.2) is 6.29 Å². The summed E-state index contributed by atoms with van der Waals surface area (Å²) in [5.74, 6) is 0.488. The summed E-state index contributed by atoms with van der Waals surface area (Å²) in [6.45, 7) is 0. The third kappa shape index (κ3) is 2.40. The van der Waals surface area contributed by atoms with Crippen molar-refractivity contribution in [1.29, 1.82) is 0 Å². The fourth-order valence-corrected chi connectivity index (χ4v) is 2.10. The van der Waals surface area contributed by atoms with E-state index in [1.54, 1.807) is 28.9 Å². The van der Waals surface area contributed by atoms with Crippen molar-refractivity contribution in [2.75, 3.05) is 0 Å². The highest BCUT2D eigenvalue weighted by atomic mass is 19.4. The van der Waals surface area contributed by atoms with Gasteiger partial charge in [-0.15, -0.1) is 0 Å². The number of rotatable bonds is 2. The van der Waals surface area contributed by atoms with Crippen LogP contribution < -0.4 is 0 Å². The average Bonchev–Trinajstić information content (AvgIpc) is 2.89. The number of benzene rings is 1. The second kappa shape index (κ2) is 4.73. The topological polar surface area (TPSA) is 34.4 Å². The molecule has 0 spiro atoms. The third-order valence-electron chi connectivity index (χ3n) is 3.16. The molecule has 3 nitrogen and oxygen atoms in total. The Morgan fingerprint density at radius 3 is 2.38 bits per heavy atom. The van der Waals surface area contributed by atoms with Crippen molar-refractivity contribution in [1.82, 2.24) is 9.38 Å². The fraction of sp³-hybridized carbons (Fsp3) is 0.0667. The molecular formula is C15H9F3N2O. The van der Waals surface area contributed by atoms with E-state index in [-0.39, 0.29) is 0 Å². The van der Waals surface area contributed by atoms with Gasteiger partial charge in [0.1, 0.15) is 5.82 Å². The molecule has 0 fully saturated rings. The van der Waals surface area contributed by atoms with Crippen LogP contribution in [0.15, 0.2) is 48.8 Å². The zero-order valence-corrected chi connectivity index (χ0v) is 10.6. The lowest BCUT2D eigenvalue weighted by atomic mass is 10.1. The number of pyridine rings is 1. The quantitative estimate of drug-likeness (QED) is 0.672. The number of hydrogen-bond acceptors (Lipinski definition) is 2. The van der Waals surface area contributed by atoms with E-state index in [0.29, 0.717) is 23.2 Å². The molecule has 3 aromatic rings. The summed E-state index contributed by atoms with van der Waals surface area (Å²) in [6.07, 6.45) is -0.461. The second-order valence-corrected chi connectivity index (χ2v) is 4.53. The van der Waals surface area contributed by atoms with Gasteiger partial charge in [0.25, 0.3) is 0 Å². The first kappa shape index (κ1) is 13.4. The van der Waals surface area contributed by atoms with Gasteiger partial charge in [-0.2, -0.15) is 13.2 Å². The number of halogens is 3. The molecule has 0 bridgehead atoms. The number of fused-ring (bicyclic) bond motifs is 1. The van der Waals surface area contributed by atoms with E-state index in [1.807, 2.05) is 0 Å². The van der Waals surface area contributed by atoms with Gasteiger partial charge in [-0.05, 0) is 24.3 Å². The molecule has 0 radical (unpaired) electrons. The molecule has 0 aliphatic carbocycles. The molecular weight excluding hydrogens is 281 g/mol. The number of aldehydes is 1. The number of nitrogens with zero attached hydrogens (tertiary/aromatic N) is 2. The highest BCUT2D eigenvalue weighted by Crippen LogP contribution is 2.30. The Hall–Kier alpha value is -2.63. The molecule has 2 aromatic heterocycles. The first-order valence-electron chi connectivity index (χ1n) is 6.09. The van der Waals surface area contributed by atoms with Crippen LogP contribution in [0, 0.1) is 0 Å². The minimum Gasteiger partial charge on any atom is -0.299 e. The van der Waals surface area contributed by atoms with Crippen molar-refractivity contribution in [3.8, 4) is 11.4 Å². The number of alkyl halides is 3. The lowest BCUT2D eigenvalue weighted by Gasteiger charge is -2.07. The summed E-state index contributed by atoms with van der Waals surface area (Å²) in [4.78, 5) is 15.0. The highest BCUT2D eigenvalue weighted by molar-refractivity contribution is 5.76. The first-order valence-corrected chi connectivity index (χ1v) is 6.09. The molecule has 0 aliphatic rings. The summed E-state index contributed by atoms with van der Waals surface area (Å²) >= 11 is 0. The monoisotopic (exact) mass is 290 g/mol. The predicted molar refractivity (Wildman–Crippen MR) is 71.0 cm³/mol. The number of imidazole rings is 1. The van der Waals surface area contributed by atoms with E-state index in [0.717, 1.165) is 17.6 Å². The average molecular weight is 290 g/mol. The molecule has 3 rings (SSSR count). The summed E-state index contributed by atoms with van der Waals surface area (Å²) in [7, 11) is 0. The molecule has 0 N–H and O–H groups in total. The number of carbonyl (C=O) groups excluding carboxylic acids is 1. The van der Waals surface area contributed by atoms with Crippen LogP contribution in [0.1, 0.15) is 15.9 Å². The van der Waals surface area contributed by atoms with Crippen molar-refractivity contribution in [3.63, 3.8) is 0 Å². The van der Waals surface area contributed by atoms with Crippen molar-refractivity contribution in [2.45, 2.75) is 6.18 Å². The van der Waals surface area contributed by atoms with Crippen LogP contribution >= 0.6 is 0 Å². The molecule has 0 amide bonds. The Balaban J connectivity index is 2.10. The molecule has 0 saturated carbocycles. The van der Waals surface area contributed by atoms with Gasteiger partial charge in [-0.1, -0.05) is 12.1 Å². The summed E-state index contributed by atoms with van der Waals surface area (Å²) in [6, 6.07) is 8.14. The standard InChI is InChI=1S/C15H9F3N2O/c16-15(17,18)12-4-2-11(3-5-12)14-19-7-13-6-1-10(9-21)8-20(13)14/h1-9H. The Morgan fingerprint density at radius 1 is 1.05 bits per heavy atom. The second-order valence-electron chi connectivity index (χ2n) is 4.53. The molecule has 0 saturated heterocycles. The van der Waals surface area contributed by atoms with Crippen molar-refractivity contribution in [3.05, 3.63) is 59.9 Å². The van der Waals surface area contributed by atoms with Crippen LogP contribution in [-0.2, 0) is 6.18 Å². The molecule has 2 heterocycles. The lowest BCUT2D eigenvalue weighted by Crippen LogP contribution is -2.04. The zero-order chi connectivity index (χ0) is 15.0. The fourth-order valence-electron chi connectivity index (χ4n) is 2.10. The van der Waals surface area contributed by atoms with Gasteiger partial charge in [0.05, 0.1) is 17.3 Å². The number of hydrogen-bond donors (Lipinski definition) is 0. The van der Waals surface area contributed by atoms with E-state index < -0.39 is 11.7 Å². The number of aromatic nitrogens is 2. The summed E-state index contributed by atoms with van der Waals surface area (Å²) in [5, 5.41) is 0. The van der Waals surface area contributed by atoms with Gasteiger partial charge in [-0.3, -0.25) is 9.20 Å². The van der Waals surface area contributed by atoms with Gasteiger partial charge >= 0.3 is 6.18 Å². The van der Waals surface area contributed by atoms with Gasteiger partial charge in [-0.25, -0.2) is 4.98 Å². The van der Waals surface area contributed by atoms with Crippen molar-refractivity contribution >= 4 is 11.8 Å². The number of carbonyl (C=O) groups is 1. The normalized spacial score (nSPS) is 11.8. The molecule has 0 aliphatic heterocycles. The van der Waals surface area contributed by atoms with Gasteiger partial charge in [0, 0.05) is 17.3 Å². The Kier molecular flexibility index (Phi) is 3.01. The molecule has 21 heavy (non-hydrogen) atoms. The molecule has 0 unspecified atom stereocenters. The maximum atomic E-state index is 12.6. The van der Waals surface area contributed by atoms with Crippen LogP contribution in [-0.4, -0.2) is 15.7 Å². The predicted octanol–water partition coefficient (Wildman–Crippen LogP) is 3.83. The van der Waals surface area contributed by atoms with Gasteiger partial charge < -0.3 is 0 Å². The first-order chi connectivity index (χ1) is 9.99. The van der Waals surface area contributed by atoms with E-state index in [1.165, 1.54) is 12.1 Å². The molecule has 106 valence electrons. The zero-order valence-electron chi connectivity index (χ0n) is 10.6. The largest absolute Gasteiger partial charge is 0.416 e. The highest BCUT2D eigenvalue weighted by Gasteiger charge is 2.30. The van der Waals surface area contributed by atoms with Crippen molar-refractivity contribution in [2.24, 2.45) is 0 Å². The SMILES string of the molecule is O=Cc1ccc2cnc(-c3ccc(C(F)(F)F)cc3)n2c1. The van der Waals surface area contributed by atoms with Crippen LogP contribution in [0.25, 0.3) is 16.9 Å². The Bertz CT molecular complexity index is 804. The minimum atomic E-state index is -4.36. The van der Waals surface area contributed by atoms with Crippen LogP contribution in [0.4, 0.5) is 13.2 Å². The van der Waals surface area contributed by atoms with E-state index in [9.17, 15) is 18.0 Å². The molecule has 0 atom stereocenters. The summed E-state index contributed by atoms with van der Waals surface area (Å²) < 4.78 is 39.3. The molecule has 6 heteroatoms. The maximum absolute atomic E-state index is 12.6. The maximum Gasteiger partial charge on any atom is 0.416 e. The smallest absolute Gasteiger partial charge is 0.299 e. The van der Waals surface area contributed by atoms with E-state index in [2.05, 4.69) is 4.98 Å². The van der Waals surface area contributed by atoms with Crippen LogP contribution in [0.2, 0.25) is 0 Å². The Labute approximate surface area is 117 Å². The molecule has 1 aromatic carbocycles. The van der Waals surface area contributed by atoms with Crippen LogP contribution in [0.3, 0.4) is 0 Å². The van der Waals surface area contributed by atoms with Crippen LogP contribution in [0.5, 0.6) is 0 Å². The lowest BCUT2D eigenvalue weighted by molar-refractivity contribution is -0.137. The van der Waals surface area contributed by atoms with Crippen molar-refractivity contribution < 1.29 is 18.0 Å². The Morgan fingerprint density at radius 2 is 1.76 bits per heavy atom. The third-order valence-corrected chi connectivity index (χ3v) is 3.16.